The average molecular weight is 468 g/mol. The molecule has 0 unspecified atom stereocenters. The minimum atomic E-state index is -4.82. The molecule has 0 saturated carbocycles. The summed E-state index contributed by atoms with van der Waals surface area (Å²) in [5.41, 5.74) is 2.25. The second kappa shape index (κ2) is 9.38. The number of halogens is 3. The molecule has 3 aromatic rings. The van der Waals surface area contributed by atoms with Gasteiger partial charge in [0.25, 0.3) is 5.69 Å². The molecule has 0 aromatic heterocycles. The number of fused-ring (bicyclic) bond motifs is 3. The number of hydrogen-bond acceptors (Lipinski definition) is 4. The van der Waals surface area contributed by atoms with E-state index in [1.165, 1.54) is 12.2 Å². The standard InChI is InChI=1S/C25H19F3N2O4/c26-25(27,28)22-12-11-16(14-23(22)30(32)33)6-5-13-29-24(31)34-15-21-19-9-3-1-7-17(19)18-8-2-4-10-20(18)21/h1-12,14,21H,13,15H2,(H,29,31). The van der Waals surface area contributed by atoms with Gasteiger partial charge in [-0.15, -0.1) is 0 Å². The van der Waals surface area contributed by atoms with Crippen LogP contribution >= 0.6 is 0 Å². The molecule has 0 saturated heterocycles. The lowest BCUT2D eigenvalue weighted by atomic mass is 9.98. The van der Waals surface area contributed by atoms with Crippen LogP contribution in [0.2, 0.25) is 0 Å². The smallest absolute Gasteiger partial charge is 0.422 e. The van der Waals surface area contributed by atoms with Crippen LogP contribution in [-0.2, 0) is 10.9 Å². The Labute approximate surface area is 192 Å². The first-order valence-electron chi connectivity index (χ1n) is 10.4. The van der Waals surface area contributed by atoms with Crippen LogP contribution in [0, 0.1) is 10.1 Å². The first kappa shape index (κ1) is 23.0. The highest BCUT2D eigenvalue weighted by atomic mass is 19.4. The van der Waals surface area contributed by atoms with Gasteiger partial charge in [0, 0.05) is 18.5 Å². The molecule has 6 nitrogen and oxygen atoms in total. The highest BCUT2D eigenvalue weighted by Crippen LogP contribution is 2.44. The summed E-state index contributed by atoms with van der Waals surface area (Å²) in [5.74, 6) is -0.0820. The predicted octanol–water partition coefficient (Wildman–Crippen LogP) is 6.17. The van der Waals surface area contributed by atoms with Crippen molar-refractivity contribution in [2.45, 2.75) is 12.1 Å². The maximum Gasteiger partial charge on any atom is 0.422 e. The summed E-state index contributed by atoms with van der Waals surface area (Å²) < 4.78 is 44.1. The van der Waals surface area contributed by atoms with E-state index in [9.17, 15) is 28.1 Å². The molecule has 0 fully saturated rings. The summed E-state index contributed by atoms with van der Waals surface area (Å²) in [4.78, 5) is 22.1. The number of benzene rings is 3. The van der Waals surface area contributed by atoms with Crippen LogP contribution < -0.4 is 5.32 Å². The quantitative estimate of drug-likeness (QED) is 0.347. The number of alkyl halides is 3. The summed E-state index contributed by atoms with van der Waals surface area (Å²) in [6.07, 6.45) is -2.62. The van der Waals surface area contributed by atoms with Crippen LogP contribution in [-0.4, -0.2) is 24.2 Å². The van der Waals surface area contributed by atoms with Crippen molar-refractivity contribution >= 4 is 17.9 Å². The van der Waals surface area contributed by atoms with Crippen molar-refractivity contribution in [2.24, 2.45) is 0 Å². The monoisotopic (exact) mass is 468 g/mol. The van der Waals surface area contributed by atoms with Gasteiger partial charge < -0.3 is 10.1 Å². The van der Waals surface area contributed by atoms with E-state index in [4.69, 9.17) is 4.74 Å². The van der Waals surface area contributed by atoms with Crippen LogP contribution in [0.15, 0.2) is 72.8 Å². The number of nitro benzene ring substituents is 1. The number of alkyl carbamates (subject to hydrolysis) is 1. The van der Waals surface area contributed by atoms with Crippen molar-refractivity contribution < 1.29 is 27.6 Å². The molecule has 34 heavy (non-hydrogen) atoms. The first-order valence-corrected chi connectivity index (χ1v) is 10.4. The number of nitro groups is 1. The molecule has 9 heteroatoms. The highest BCUT2D eigenvalue weighted by molar-refractivity contribution is 5.79. The summed E-state index contributed by atoms with van der Waals surface area (Å²) in [7, 11) is 0. The molecule has 3 aromatic carbocycles. The lowest BCUT2D eigenvalue weighted by Gasteiger charge is -2.14. The molecule has 0 spiro atoms. The number of nitrogens with one attached hydrogen (secondary N) is 1. The number of hydrogen-bond donors (Lipinski definition) is 1. The summed E-state index contributed by atoms with van der Waals surface area (Å²) in [6.45, 7) is 0.181. The fraction of sp³-hybridized carbons (Fsp3) is 0.160. The second-order valence-corrected chi connectivity index (χ2v) is 7.64. The molecule has 0 heterocycles. The van der Waals surface area contributed by atoms with E-state index in [0.29, 0.717) is 6.07 Å². The minimum absolute atomic E-state index is 0.0332. The number of carbonyl (C=O) groups is 1. The lowest BCUT2D eigenvalue weighted by molar-refractivity contribution is -0.388. The van der Waals surface area contributed by atoms with Crippen molar-refractivity contribution in [3.63, 3.8) is 0 Å². The molecule has 0 radical (unpaired) electrons. The Morgan fingerprint density at radius 2 is 1.65 bits per heavy atom. The topological polar surface area (TPSA) is 81.5 Å². The van der Waals surface area contributed by atoms with Crippen LogP contribution in [0.3, 0.4) is 0 Å². The maximum atomic E-state index is 12.9. The molecule has 1 aliphatic rings. The Morgan fingerprint density at radius 1 is 1.03 bits per heavy atom. The van der Waals surface area contributed by atoms with Gasteiger partial charge in [-0.1, -0.05) is 66.7 Å². The molecule has 0 bridgehead atoms. The van der Waals surface area contributed by atoms with Gasteiger partial charge in [-0.05, 0) is 33.9 Å². The zero-order valence-corrected chi connectivity index (χ0v) is 17.7. The number of nitrogens with zero attached hydrogens (tertiary/aromatic N) is 1. The Balaban J connectivity index is 1.34. The van der Waals surface area contributed by atoms with Gasteiger partial charge in [0.15, 0.2) is 0 Å². The number of rotatable bonds is 6. The van der Waals surface area contributed by atoms with Gasteiger partial charge in [-0.25, -0.2) is 4.79 Å². The van der Waals surface area contributed by atoms with Crippen LogP contribution in [0.4, 0.5) is 23.7 Å². The predicted molar refractivity (Wildman–Crippen MR) is 120 cm³/mol. The van der Waals surface area contributed by atoms with Crippen LogP contribution in [0.5, 0.6) is 0 Å². The van der Waals surface area contributed by atoms with Gasteiger partial charge >= 0.3 is 12.3 Å². The second-order valence-electron chi connectivity index (χ2n) is 7.64. The number of amides is 1. The molecule has 0 atom stereocenters. The lowest BCUT2D eigenvalue weighted by Crippen LogP contribution is -2.26. The molecule has 4 rings (SSSR count). The van der Waals surface area contributed by atoms with Crippen molar-refractivity contribution in [2.75, 3.05) is 13.2 Å². The molecule has 1 amide bonds. The van der Waals surface area contributed by atoms with Gasteiger partial charge in [0.2, 0.25) is 0 Å². The molecular weight excluding hydrogens is 449 g/mol. The van der Waals surface area contributed by atoms with Crippen molar-refractivity contribution in [1.29, 1.82) is 0 Å². The van der Waals surface area contributed by atoms with Gasteiger partial charge in [-0.3, -0.25) is 10.1 Å². The van der Waals surface area contributed by atoms with Crippen LogP contribution in [0.25, 0.3) is 17.2 Å². The zero-order valence-electron chi connectivity index (χ0n) is 17.7. The third-order valence-corrected chi connectivity index (χ3v) is 5.54. The van der Waals surface area contributed by atoms with E-state index in [-0.39, 0.29) is 24.6 Å². The van der Waals surface area contributed by atoms with Crippen molar-refractivity contribution in [1.82, 2.24) is 5.32 Å². The third kappa shape index (κ3) is 4.78. The van der Waals surface area contributed by atoms with Gasteiger partial charge in [0.05, 0.1) is 4.92 Å². The maximum absolute atomic E-state index is 12.9. The number of carbonyl (C=O) groups excluding carboxylic acids is 1. The number of ether oxygens (including phenoxy) is 1. The average Bonchev–Trinajstić information content (AvgIpc) is 3.13. The minimum Gasteiger partial charge on any atom is -0.449 e. The van der Waals surface area contributed by atoms with E-state index in [0.717, 1.165) is 34.4 Å². The van der Waals surface area contributed by atoms with Gasteiger partial charge in [-0.2, -0.15) is 13.2 Å². The fourth-order valence-electron chi connectivity index (χ4n) is 4.03. The van der Waals surface area contributed by atoms with E-state index >= 15 is 0 Å². The van der Waals surface area contributed by atoms with E-state index < -0.39 is 28.4 Å². The SMILES string of the molecule is O=C(NCC=Cc1ccc(C(F)(F)F)c([N+](=O)[O-])c1)OCC1c2ccccc2-c2ccccc21. The Kier molecular flexibility index (Phi) is 6.36. The fourth-order valence-corrected chi connectivity index (χ4v) is 4.03. The largest absolute Gasteiger partial charge is 0.449 e. The first-order chi connectivity index (χ1) is 16.3. The molecular formula is C25H19F3N2O4. The third-order valence-electron chi connectivity index (χ3n) is 5.54. The van der Waals surface area contributed by atoms with E-state index in [1.807, 2.05) is 48.5 Å². The summed E-state index contributed by atoms with van der Waals surface area (Å²) in [5, 5.41) is 13.5. The van der Waals surface area contributed by atoms with Crippen LogP contribution in [0.1, 0.15) is 28.2 Å². The Morgan fingerprint density at radius 3 is 2.24 bits per heavy atom. The van der Waals surface area contributed by atoms with Crippen molar-refractivity contribution in [3.8, 4) is 11.1 Å². The highest BCUT2D eigenvalue weighted by Gasteiger charge is 2.38. The molecule has 0 aliphatic heterocycles. The van der Waals surface area contributed by atoms with E-state index in [2.05, 4.69) is 5.32 Å². The zero-order chi connectivity index (χ0) is 24.3. The molecule has 1 N–H and O–H groups in total. The summed E-state index contributed by atoms with van der Waals surface area (Å²) in [6, 6.07) is 18.5. The van der Waals surface area contributed by atoms with Gasteiger partial charge in [0.1, 0.15) is 12.2 Å². The van der Waals surface area contributed by atoms with Crippen molar-refractivity contribution in [3.05, 3.63) is 105 Å². The van der Waals surface area contributed by atoms with E-state index in [1.54, 1.807) is 0 Å². The molecule has 174 valence electrons. The Bertz CT molecular complexity index is 1230. The normalized spacial score (nSPS) is 12.9. The Hall–Kier alpha value is -4.14. The summed E-state index contributed by atoms with van der Waals surface area (Å²) >= 11 is 0. The molecule has 1 aliphatic carbocycles.